The molecule has 106 valence electrons. The second-order valence-corrected chi connectivity index (χ2v) is 5.75. The standard InChI is InChI=1S/C16H19ClN2O/c17-16-14(12-20)13-6-2-3-7-15(13)19(16)11-10-18-8-4-1-5-9-18/h2-3,6-7,12H,1,4-5,8-11H2. The summed E-state index contributed by atoms with van der Waals surface area (Å²) in [4.78, 5) is 13.7. The first-order valence-electron chi connectivity index (χ1n) is 7.25. The highest BCUT2D eigenvalue weighted by Crippen LogP contribution is 2.28. The van der Waals surface area contributed by atoms with Crippen LogP contribution in [0.25, 0.3) is 10.9 Å². The van der Waals surface area contributed by atoms with Gasteiger partial charge in [0, 0.05) is 24.0 Å². The van der Waals surface area contributed by atoms with Gasteiger partial charge in [-0.05, 0) is 32.0 Å². The molecule has 0 radical (unpaired) electrons. The number of aldehydes is 1. The topological polar surface area (TPSA) is 25.2 Å². The maximum absolute atomic E-state index is 11.3. The molecule has 0 spiro atoms. The number of piperidine rings is 1. The first-order chi connectivity index (χ1) is 9.81. The largest absolute Gasteiger partial charge is 0.330 e. The SMILES string of the molecule is O=Cc1c(Cl)n(CCN2CCCCC2)c2ccccc12. The lowest BCUT2D eigenvalue weighted by atomic mass is 10.1. The highest BCUT2D eigenvalue weighted by molar-refractivity contribution is 6.34. The van der Waals surface area contributed by atoms with Gasteiger partial charge in [-0.3, -0.25) is 4.79 Å². The molecule has 2 heterocycles. The normalized spacial score (nSPS) is 16.6. The molecular formula is C16H19ClN2O. The number of likely N-dealkylation sites (tertiary alicyclic amines) is 1. The van der Waals surface area contributed by atoms with E-state index in [0.29, 0.717) is 10.7 Å². The lowest BCUT2D eigenvalue weighted by Gasteiger charge is -2.26. The van der Waals surface area contributed by atoms with Gasteiger partial charge < -0.3 is 9.47 Å². The Hall–Kier alpha value is -1.32. The molecule has 1 aromatic heterocycles. The number of carbonyl (C=O) groups excluding carboxylic acids is 1. The number of benzene rings is 1. The highest BCUT2D eigenvalue weighted by atomic mass is 35.5. The van der Waals surface area contributed by atoms with Crippen LogP contribution in [0.5, 0.6) is 0 Å². The molecule has 1 aliphatic heterocycles. The minimum atomic E-state index is 0.568. The molecule has 20 heavy (non-hydrogen) atoms. The van der Waals surface area contributed by atoms with Crippen LogP contribution in [0.15, 0.2) is 24.3 Å². The summed E-state index contributed by atoms with van der Waals surface area (Å²) in [6.45, 7) is 4.19. The molecule has 0 saturated carbocycles. The Balaban J connectivity index is 1.86. The monoisotopic (exact) mass is 290 g/mol. The van der Waals surface area contributed by atoms with Crippen LogP contribution in [0, 0.1) is 0 Å². The molecule has 0 amide bonds. The second-order valence-electron chi connectivity index (χ2n) is 5.39. The van der Waals surface area contributed by atoms with Crippen molar-refractivity contribution < 1.29 is 4.79 Å². The molecule has 1 aromatic carbocycles. The van der Waals surface area contributed by atoms with Crippen LogP contribution in [0.2, 0.25) is 5.15 Å². The van der Waals surface area contributed by atoms with Crippen molar-refractivity contribution in [3.05, 3.63) is 35.0 Å². The van der Waals surface area contributed by atoms with Crippen molar-refractivity contribution in [2.24, 2.45) is 0 Å². The Kier molecular flexibility index (Phi) is 4.08. The maximum atomic E-state index is 11.3. The third kappa shape index (κ3) is 2.48. The summed E-state index contributed by atoms with van der Waals surface area (Å²) in [6.07, 6.45) is 4.79. The molecular weight excluding hydrogens is 272 g/mol. The number of hydrogen-bond acceptors (Lipinski definition) is 2. The predicted molar refractivity (Wildman–Crippen MR) is 82.6 cm³/mol. The fourth-order valence-electron chi connectivity index (χ4n) is 3.05. The lowest BCUT2D eigenvalue weighted by molar-refractivity contribution is 0.112. The van der Waals surface area contributed by atoms with Gasteiger partial charge in [0.1, 0.15) is 5.15 Å². The lowest BCUT2D eigenvalue weighted by Crippen LogP contribution is -2.32. The van der Waals surface area contributed by atoms with Gasteiger partial charge in [-0.15, -0.1) is 0 Å². The zero-order valence-corrected chi connectivity index (χ0v) is 12.3. The first-order valence-corrected chi connectivity index (χ1v) is 7.63. The van der Waals surface area contributed by atoms with Crippen molar-refractivity contribution in [3.8, 4) is 0 Å². The molecule has 1 aliphatic rings. The quantitative estimate of drug-likeness (QED) is 0.804. The molecule has 2 aromatic rings. The molecule has 0 N–H and O–H groups in total. The maximum Gasteiger partial charge on any atom is 0.153 e. The minimum Gasteiger partial charge on any atom is -0.330 e. The number of rotatable bonds is 4. The van der Waals surface area contributed by atoms with E-state index in [1.54, 1.807) is 0 Å². The molecule has 3 rings (SSSR count). The second kappa shape index (κ2) is 5.98. The van der Waals surface area contributed by atoms with Gasteiger partial charge in [-0.25, -0.2) is 0 Å². The number of carbonyl (C=O) groups is 1. The number of para-hydroxylation sites is 1. The number of halogens is 1. The molecule has 1 saturated heterocycles. The van der Waals surface area contributed by atoms with Gasteiger partial charge in [0.15, 0.2) is 6.29 Å². The molecule has 0 aliphatic carbocycles. The summed E-state index contributed by atoms with van der Waals surface area (Å²) in [7, 11) is 0. The Morgan fingerprint density at radius 1 is 1.10 bits per heavy atom. The third-order valence-corrected chi connectivity index (χ3v) is 4.56. The average Bonchev–Trinajstić information content (AvgIpc) is 2.77. The van der Waals surface area contributed by atoms with E-state index in [0.717, 1.165) is 30.3 Å². The van der Waals surface area contributed by atoms with E-state index in [-0.39, 0.29) is 0 Å². The summed E-state index contributed by atoms with van der Waals surface area (Å²) in [6, 6.07) is 7.93. The van der Waals surface area contributed by atoms with Crippen molar-refractivity contribution in [1.82, 2.24) is 9.47 Å². The van der Waals surface area contributed by atoms with Crippen molar-refractivity contribution in [2.45, 2.75) is 25.8 Å². The molecule has 4 heteroatoms. The molecule has 3 nitrogen and oxygen atoms in total. The molecule has 0 bridgehead atoms. The van der Waals surface area contributed by atoms with E-state index in [9.17, 15) is 4.79 Å². The van der Waals surface area contributed by atoms with Crippen LogP contribution in [0.4, 0.5) is 0 Å². The Morgan fingerprint density at radius 3 is 2.60 bits per heavy atom. The fraction of sp³-hybridized carbons (Fsp3) is 0.438. The van der Waals surface area contributed by atoms with Gasteiger partial charge in [0.25, 0.3) is 0 Å². The first kappa shape index (κ1) is 13.7. The summed E-state index contributed by atoms with van der Waals surface area (Å²) >= 11 is 6.38. The summed E-state index contributed by atoms with van der Waals surface area (Å²) in [5.74, 6) is 0. The van der Waals surface area contributed by atoms with Crippen LogP contribution < -0.4 is 0 Å². The van der Waals surface area contributed by atoms with Crippen LogP contribution in [0.3, 0.4) is 0 Å². The van der Waals surface area contributed by atoms with Crippen molar-refractivity contribution in [3.63, 3.8) is 0 Å². The van der Waals surface area contributed by atoms with Crippen LogP contribution in [-0.2, 0) is 6.54 Å². The smallest absolute Gasteiger partial charge is 0.153 e. The highest BCUT2D eigenvalue weighted by Gasteiger charge is 2.16. The summed E-state index contributed by atoms with van der Waals surface area (Å²) in [5, 5.41) is 1.52. The van der Waals surface area contributed by atoms with E-state index >= 15 is 0 Å². The molecule has 0 atom stereocenters. The predicted octanol–water partition coefficient (Wildman–Crippen LogP) is 3.59. The van der Waals surface area contributed by atoms with Gasteiger partial charge in [-0.1, -0.05) is 36.2 Å². The number of aromatic nitrogens is 1. The zero-order chi connectivity index (χ0) is 13.9. The Morgan fingerprint density at radius 2 is 1.85 bits per heavy atom. The summed E-state index contributed by atoms with van der Waals surface area (Å²) in [5.41, 5.74) is 1.66. The van der Waals surface area contributed by atoms with Gasteiger partial charge in [0.2, 0.25) is 0 Å². The zero-order valence-electron chi connectivity index (χ0n) is 11.5. The van der Waals surface area contributed by atoms with Crippen LogP contribution in [-0.4, -0.2) is 35.4 Å². The molecule has 0 unspecified atom stereocenters. The minimum absolute atomic E-state index is 0.568. The Labute approximate surface area is 124 Å². The van der Waals surface area contributed by atoms with Gasteiger partial charge >= 0.3 is 0 Å². The van der Waals surface area contributed by atoms with Crippen LogP contribution in [0.1, 0.15) is 29.6 Å². The molecule has 1 fully saturated rings. The number of fused-ring (bicyclic) bond motifs is 1. The fourth-order valence-corrected chi connectivity index (χ4v) is 3.38. The van der Waals surface area contributed by atoms with E-state index in [1.165, 1.54) is 32.4 Å². The van der Waals surface area contributed by atoms with E-state index in [4.69, 9.17) is 11.6 Å². The summed E-state index contributed by atoms with van der Waals surface area (Å²) < 4.78 is 2.06. The van der Waals surface area contributed by atoms with E-state index in [2.05, 4.69) is 9.47 Å². The van der Waals surface area contributed by atoms with Gasteiger partial charge in [-0.2, -0.15) is 0 Å². The van der Waals surface area contributed by atoms with E-state index < -0.39 is 0 Å². The van der Waals surface area contributed by atoms with E-state index in [1.807, 2.05) is 24.3 Å². The van der Waals surface area contributed by atoms with Crippen molar-refractivity contribution in [1.29, 1.82) is 0 Å². The van der Waals surface area contributed by atoms with Crippen molar-refractivity contribution in [2.75, 3.05) is 19.6 Å². The van der Waals surface area contributed by atoms with Crippen molar-refractivity contribution >= 4 is 28.8 Å². The number of hydrogen-bond donors (Lipinski definition) is 0. The Bertz CT molecular complexity index is 614. The third-order valence-electron chi connectivity index (χ3n) is 4.15. The van der Waals surface area contributed by atoms with Crippen LogP contribution >= 0.6 is 11.6 Å². The average molecular weight is 291 g/mol. The number of nitrogens with zero attached hydrogens (tertiary/aromatic N) is 2. The van der Waals surface area contributed by atoms with Gasteiger partial charge in [0.05, 0.1) is 5.56 Å².